The van der Waals surface area contributed by atoms with Crippen LogP contribution < -0.4 is 0 Å². The molecule has 0 aliphatic carbocycles. The van der Waals surface area contributed by atoms with Crippen LogP contribution in [0.15, 0.2) is 0 Å². The van der Waals surface area contributed by atoms with Gasteiger partial charge in [0.2, 0.25) is 5.01 Å². The fourth-order valence-corrected chi connectivity index (χ4v) is 1.79. The van der Waals surface area contributed by atoms with Gasteiger partial charge in [-0.3, -0.25) is 0 Å². The largest absolute Gasteiger partial charge is 0.445 e. The zero-order valence-corrected chi connectivity index (χ0v) is 9.00. The summed E-state index contributed by atoms with van der Waals surface area (Å²) in [6, 6.07) is 0. The average molecular weight is 275 g/mol. The molecule has 0 aromatic carbocycles. The van der Waals surface area contributed by atoms with Crippen LogP contribution in [0.4, 0.5) is 13.2 Å². The third-order valence-corrected chi connectivity index (χ3v) is 3.78. The molecule has 0 saturated carbocycles. The minimum absolute atomic E-state index is 0.138. The molecule has 0 amide bonds. The van der Waals surface area contributed by atoms with Crippen molar-refractivity contribution in [2.24, 2.45) is 0 Å². The van der Waals surface area contributed by atoms with Gasteiger partial charge in [0.15, 0.2) is 0 Å². The Balaban J connectivity index is 2.87. The van der Waals surface area contributed by atoms with Crippen molar-refractivity contribution in [3.05, 3.63) is 10.0 Å². The molecule has 0 spiro atoms. The fraction of sp³-hybridized carbons (Fsp3) is 0.667. The molecule has 1 aromatic rings. The molecule has 1 unspecified atom stereocenters. The van der Waals surface area contributed by atoms with E-state index < -0.39 is 11.2 Å². The predicted molar refractivity (Wildman–Crippen MR) is 46.9 cm³/mol. The van der Waals surface area contributed by atoms with E-state index in [2.05, 4.69) is 26.1 Å². The highest BCUT2D eigenvalue weighted by atomic mass is 79.9. The maximum Gasteiger partial charge on any atom is 0.445 e. The monoisotopic (exact) mass is 274 g/mol. The lowest BCUT2D eigenvalue weighted by atomic mass is 10.4. The van der Waals surface area contributed by atoms with Crippen LogP contribution in [0.2, 0.25) is 0 Å². The molecule has 7 heteroatoms. The topological polar surface area (TPSA) is 25.8 Å². The minimum Gasteiger partial charge on any atom is -0.164 e. The van der Waals surface area contributed by atoms with Gasteiger partial charge in [0, 0.05) is 0 Å². The standard InChI is InChI=1S/C6H6BrF3N2S/c1-2-3(7)4-11-12-5(13-4)6(8,9)10/h3H,2H2,1H3. The zero-order valence-electron chi connectivity index (χ0n) is 6.60. The number of rotatable bonds is 2. The fourth-order valence-electron chi connectivity index (χ4n) is 0.650. The van der Waals surface area contributed by atoms with E-state index in [-0.39, 0.29) is 4.83 Å². The van der Waals surface area contributed by atoms with Crippen LogP contribution in [0.3, 0.4) is 0 Å². The average Bonchev–Trinajstić information content (AvgIpc) is 2.50. The molecule has 0 aliphatic heterocycles. The summed E-state index contributed by atoms with van der Waals surface area (Å²) in [7, 11) is 0. The van der Waals surface area contributed by atoms with Crippen molar-refractivity contribution in [1.82, 2.24) is 10.2 Å². The Morgan fingerprint density at radius 3 is 2.46 bits per heavy atom. The maximum atomic E-state index is 12.1. The summed E-state index contributed by atoms with van der Waals surface area (Å²) < 4.78 is 36.2. The van der Waals surface area contributed by atoms with Gasteiger partial charge in [-0.1, -0.05) is 34.2 Å². The first-order valence-electron chi connectivity index (χ1n) is 3.49. The molecule has 1 heterocycles. The summed E-state index contributed by atoms with van der Waals surface area (Å²) in [6.45, 7) is 1.86. The molecule has 0 radical (unpaired) electrons. The molecule has 0 N–H and O–H groups in total. The molecule has 0 fully saturated rings. The quantitative estimate of drug-likeness (QED) is 0.773. The number of nitrogens with zero attached hydrogens (tertiary/aromatic N) is 2. The highest BCUT2D eigenvalue weighted by Gasteiger charge is 2.36. The molecule has 1 atom stereocenters. The van der Waals surface area contributed by atoms with E-state index in [1.807, 2.05) is 6.92 Å². The minimum atomic E-state index is -4.38. The van der Waals surface area contributed by atoms with Crippen molar-refractivity contribution in [2.45, 2.75) is 24.3 Å². The van der Waals surface area contributed by atoms with Crippen molar-refractivity contribution in [3.63, 3.8) is 0 Å². The van der Waals surface area contributed by atoms with E-state index in [0.29, 0.717) is 22.8 Å². The second kappa shape index (κ2) is 3.91. The molecule has 1 rings (SSSR count). The van der Waals surface area contributed by atoms with Crippen LogP contribution in [0.25, 0.3) is 0 Å². The summed E-state index contributed by atoms with van der Waals surface area (Å²) in [5.41, 5.74) is 0. The molecule has 13 heavy (non-hydrogen) atoms. The number of hydrogen-bond acceptors (Lipinski definition) is 3. The van der Waals surface area contributed by atoms with Gasteiger partial charge < -0.3 is 0 Å². The Labute approximate surface area is 85.3 Å². The Hall–Kier alpha value is -0.170. The van der Waals surface area contributed by atoms with E-state index in [9.17, 15) is 13.2 Å². The number of aromatic nitrogens is 2. The van der Waals surface area contributed by atoms with Crippen molar-refractivity contribution >= 4 is 27.3 Å². The van der Waals surface area contributed by atoms with Crippen LogP contribution >= 0.6 is 27.3 Å². The van der Waals surface area contributed by atoms with Crippen molar-refractivity contribution < 1.29 is 13.2 Å². The van der Waals surface area contributed by atoms with E-state index in [0.717, 1.165) is 0 Å². The summed E-state index contributed by atoms with van der Waals surface area (Å²) in [5, 5.41) is 6.01. The van der Waals surface area contributed by atoms with Crippen molar-refractivity contribution in [2.75, 3.05) is 0 Å². The summed E-state index contributed by atoms with van der Waals surface area (Å²) in [6.07, 6.45) is -3.69. The van der Waals surface area contributed by atoms with Gasteiger partial charge in [-0.05, 0) is 6.42 Å². The summed E-state index contributed by atoms with van der Waals surface area (Å²) in [4.78, 5) is -0.138. The molecular formula is C6H6BrF3N2S. The van der Waals surface area contributed by atoms with E-state index >= 15 is 0 Å². The third-order valence-electron chi connectivity index (χ3n) is 1.31. The normalized spacial score (nSPS) is 14.5. The van der Waals surface area contributed by atoms with E-state index in [4.69, 9.17) is 0 Å². The first-order valence-corrected chi connectivity index (χ1v) is 5.23. The molecule has 0 saturated heterocycles. The second-order valence-corrected chi connectivity index (χ2v) is 4.43. The zero-order chi connectivity index (χ0) is 10.1. The van der Waals surface area contributed by atoms with Crippen molar-refractivity contribution in [1.29, 1.82) is 0 Å². The van der Waals surface area contributed by atoms with E-state index in [1.165, 1.54) is 0 Å². The number of halogens is 4. The summed E-state index contributed by atoms with van der Waals surface area (Å²) >= 11 is 3.78. The van der Waals surface area contributed by atoms with Crippen LogP contribution in [-0.4, -0.2) is 10.2 Å². The SMILES string of the molecule is CCC(Br)c1nnc(C(F)(F)F)s1. The smallest absolute Gasteiger partial charge is 0.164 e. The van der Waals surface area contributed by atoms with Crippen LogP contribution in [0.5, 0.6) is 0 Å². The molecule has 0 aliphatic rings. The van der Waals surface area contributed by atoms with Gasteiger partial charge >= 0.3 is 6.18 Å². The van der Waals surface area contributed by atoms with Gasteiger partial charge in [0.25, 0.3) is 0 Å². The van der Waals surface area contributed by atoms with Gasteiger partial charge in [0.1, 0.15) is 5.01 Å². The van der Waals surface area contributed by atoms with E-state index in [1.54, 1.807) is 0 Å². The summed E-state index contributed by atoms with van der Waals surface area (Å²) in [5.74, 6) is 0. The van der Waals surface area contributed by atoms with Gasteiger partial charge in [-0.15, -0.1) is 10.2 Å². The lowest BCUT2D eigenvalue weighted by molar-refractivity contribution is -0.138. The lowest BCUT2D eigenvalue weighted by Crippen LogP contribution is -2.03. The highest BCUT2D eigenvalue weighted by Crippen LogP contribution is 2.35. The first-order chi connectivity index (χ1) is 5.95. The molecule has 1 aromatic heterocycles. The Bertz CT molecular complexity index is 286. The Morgan fingerprint density at radius 1 is 1.46 bits per heavy atom. The van der Waals surface area contributed by atoms with Crippen LogP contribution in [0, 0.1) is 0 Å². The second-order valence-electron chi connectivity index (χ2n) is 2.32. The van der Waals surface area contributed by atoms with Gasteiger partial charge in [-0.2, -0.15) is 13.2 Å². The predicted octanol–water partition coefficient (Wildman–Crippen LogP) is 3.40. The van der Waals surface area contributed by atoms with Gasteiger partial charge in [-0.25, -0.2) is 0 Å². The highest BCUT2D eigenvalue weighted by molar-refractivity contribution is 9.09. The Kier molecular flexibility index (Phi) is 3.28. The molecule has 2 nitrogen and oxygen atoms in total. The first kappa shape index (κ1) is 10.9. The van der Waals surface area contributed by atoms with Crippen LogP contribution in [0.1, 0.15) is 28.2 Å². The van der Waals surface area contributed by atoms with Crippen molar-refractivity contribution in [3.8, 4) is 0 Å². The number of hydrogen-bond donors (Lipinski definition) is 0. The van der Waals surface area contributed by atoms with Crippen LogP contribution in [-0.2, 0) is 6.18 Å². The Morgan fingerprint density at radius 2 is 2.08 bits per heavy atom. The molecular weight excluding hydrogens is 269 g/mol. The lowest BCUT2D eigenvalue weighted by Gasteiger charge is -1.99. The maximum absolute atomic E-state index is 12.1. The molecule has 74 valence electrons. The third kappa shape index (κ3) is 2.63. The number of alkyl halides is 4. The molecule has 0 bridgehead atoms. The van der Waals surface area contributed by atoms with Gasteiger partial charge in [0.05, 0.1) is 4.83 Å².